The van der Waals surface area contributed by atoms with Crippen molar-refractivity contribution in [2.75, 3.05) is 0 Å². The van der Waals surface area contributed by atoms with Crippen LogP contribution < -0.4 is 10.6 Å². The molecule has 2 N–H and O–H groups in total. The van der Waals surface area contributed by atoms with Gasteiger partial charge in [0.1, 0.15) is 11.1 Å². The van der Waals surface area contributed by atoms with Crippen molar-refractivity contribution in [3.05, 3.63) is 41.6 Å². The van der Waals surface area contributed by atoms with E-state index in [1.165, 1.54) is 12.3 Å². The molecule has 0 saturated heterocycles. The Labute approximate surface area is 208 Å². The van der Waals surface area contributed by atoms with Gasteiger partial charge in [0.25, 0.3) is 5.91 Å². The molecule has 2 bridgehead atoms. The quantitative estimate of drug-likeness (QED) is 0.563. The van der Waals surface area contributed by atoms with E-state index < -0.39 is 17.5 Å². The van der Waals surface area contributed by atoms with Gasteiger partial charge < -0.3 is 15.4 Å². The Kier molecular flexibility index (Phi) is 5.53. The smallest absolute Gasteiger partial charge is 0.408 e. The minimum absolute atomic E-state index is 0.247. The van der Waals surface area contributed by atoms with Crippen molar-refractivity contribution in [1.82, 2.24) is 30.4 Å². The van der Waals surface area contributed by atoms with Gasteiger partial charge in [-0.3, -0.25) is 9.48 Å². The first-order chi connectivity index (χ1) is 16.9. The molecule has 2 aliphatic rings. The van der Waals surface area contributed by atoms with Gasteiger partial charge >= 0.3 is 6.09 Å². The van der Waals surface area contributed by atoms with Crippen LogP contribution in [0.25, 0.3) is 22.3 Å². The summed E-state index contributed by atoms with van der Waals surface area (Å²) in [6.45, 7) is 7.25. The maximum Gasteiger partial charge on any atom is 0.408 e. The van der Waals surface area contributed by atoms with E-state index in [1.54, 1.807) is 30.9 Å². The molecule has 5 rings (SSSR count). The molecule has 0 spiro atoms. The van der Waals surface area contributed by atoms with Crippen LogP contribution in [0.5, 0.6) is 0 Å². The number of nitrogens with one attached hydrogen (secondary N) is 2. The SMILES string of the molecule is Cc1nc(-c2cc(F)c3nn(C)cc3c2)ncc1C(=O)NC12CCC(NC(=O)OC(C)(C)C)(CC1)C2. The molecule has 2 amide bonds. The van der Waals surface area contributed by atoms with E-state index in [0.29, 0.717) is 40.0 Å². The van der Waals surface area contributed by atoms with Gasteiger partial charge in [-0.05, 0) is 71.9 Å². The number of fused-ring (bicyclic) bond motifs is 3. The lowest BCUT2D eigenvalue weighted by Gasteiger charge is -2.30. The standard InChI is InChI=1S/C26H31FN6O3/c1-15-18(12-28-21(29-15)16-10-17-13-33(5)32-20(17)19(27)11-16)22(34)30-25-6-8-26(14-25,9-7-25)31-23(35)36-24(2,3)4/h10-13H,6-9,14H2,1-5H3,(H,30,34)(H,31,35). The summed E-state index contributed by atoms with van der Waals surface area (Å²) in [4.78, 5) is 34.5. The van der Waals surface area contributed by atoms with Crippen molar-refractivity contribution in [2.45, 2.75) is 76.5 Å². The Hall–Kier alpha value is -3.56. The zero-order chi connectivity index (χ0) is 25.9. The normalized spacial score (nSPS) is 23.2. The zero-order valence-corrected chi connectivity index (χ0v) is 21.2. The highest BCUT2D eigenvalue weighted by Crippen LogP contribution is 2.50. The molecule has 0 aliphatic heterocycles. The molecule has 1 aromatic carbocycles. The molecule has 3 aromatic rings. The Morgan fingerprint density at radius 3 is 2.42 bits per heavy atom. The molecule has 0 atom stereocenters. The highest BCUT2D eigenvalue weighted by Gasteiger charge is 2.56. The molecule has 2 aliphatic carbocycles. The molecule has 36 heavy (non-hydrogen) atoms. The summed E-state index contributed by atoms with van der Waals surface area (Å²) in [5.41, 5.74) is 0.383. The summed E-state index contributed by atoms with van der Waals surface area (Å²) in [7, 11) is 1.74. The van der Waals surface area contributed by atoms with Crippen LogP contribution in [-0.2, 0) is 11.8 Å². The van der Waals surface area contributed by atoms with E-state index in [4.69, 9.17) is 4.74 Å². The molecule has 190 valence electrons. The number of halogens is 1. The van der Waals surface area contributed by atoms with Crippen molar-refractivity contribution in [1.29, 1.82) is 0 Å². The van der Waals surface area contributed by atoms with Crippen LogP contribution in [-0.4, -0.2) is 48.4 Å². The molecule has 2 heterocycles. The van der Waals surface area contributed by atoms with Gasteiger partial charge in [0.2, 0.25) is 0 Å². The number of aryl methyl sites for hydroxylation is 2. The predicted molar refractivity (Wildman–Crippen MR) is 132 cm³/mol. The highest BCUT2D eigenvalue weighted by atomic mass is 19.1. The van der Waals surface area contributed by atoms with E-state index in [1.807, 2.05) is 20.8 Å². The van der Waals surface area contributed by atoms with Crippen molar-refractivity contribution in [2.24, 2.45) is 7.05 Å². The number of nitrogens with zero attached hydrogens (tertiary/aromatic N) is 4. The van der Waals surface area contributed by atoms with Gasteiger partial charge in [-0.25, -0.2) is 19.2 Å². The van der Waals surface area contributed by atoms with Crippen LogP contribution in [0, 0.1) is 12.7 Å². The molecule has 10 heteroatoms. The van der Waals surface area contributed by atoms with Gasteiger partial charge in [-0.2, -0.15) is 5.10 Å². The Balaban J connectivity index is 1.30. The number of carbonyl (C=O) groups is 2. The number of ether oxygens (including phenoxy) is 1. The van der Waals surface area contributed by atoms with Crippen LogP contribution in [0.15, 0.2) is 24.5 Å². The van der Waals surface area contributed by atoms with Gasteiger partial charge in [-0.15, -0.1) is 0 Å². The second-order valence-corrected chi connectivity index (χ2v) is 11.2. The molecule has 2 fully saturated rings. The topological polar surface area (TPSA) is 111 Å². The highest BCUT2D eigenvalue weighted by molar-refractivity contribution is 5.95. The third kappa shape index (κ3) is 4.52. The number of alkyl carbamates (subject to hydrolysis) is 1. The maximum absolute atomic E-state index is 14.5. The first-order valence-electron chi connectivity index (χ1n) is 12.2. The molecule has 0 unspecified atom stereocenters. The number of aromatic nitrogens is 4. The second kappa shape index (κ2) is 8.25. The number of hydrogen-bond donors (Lipinski definition) is 2. The van der Waals surface area contributed by atoms with E-state index in [-0.39, 0.29) is 17.0 Å². The van der Waals surface area contributed by atoms with E-state index in [2.05, 4.69) is 25.7 Å². The Morgan fingerprint density at radius 1 is 1.11 bits per heavy atom. The maximum atomic E-state index is 14.5. The largest absolute Gasteiger partial charge is 0.444 e. The third-order valence-electron chi connectivity index (χ3n) is 7.14. The summed E-state index contributed by atoms with van der Waals surface area (Å²) in [5.74, 6) is -0.353. The van der Waals surface area contributed by atoms with Crippen molar-refractivity contribution in [3.8, 4) is 11.4 Å². The average molecular weight is 495 g/mol. The lowest BCUT2D eigenvalue weighted by atomic mass is 9.91. The summed E-state index contributed by atoms with van der Waals surface area (Å²) in [6.07, 6.45) is 6.57. The molecule has 2 aromatic heterocycles. The van der Waals surface area contributed by atoms with E-state index in [0.717, 1.165) is 25.7 Å². The van der Waals surface area contributed by atoms with Crippen molar-refractivity contribution >= 4 is 22.9 Å². The number of carbonyl (C=O) groups excluding carboxylic acids is 2. The lowest BCUT2D eigenvalue weighted by Crippen LogP contribution is -2.47. The number of rotatable bonds is 4. The van der Waals surface area contributed by atoms with Gasteiger partial charge in [0.05, 0.1) is 11.3 Å². The first kappa shape index (κ1) is 24.1. The molecule has 0 radical (unpaired) electrons. The minimum atomic E-state index is -0.567. The van der Waals surface area contributed by atoms with Crippen molar-refractivity contribution < 1.29 is 18.7 Å². The molecule has 2 saturated carbocycles. The summed E-state index contributed by atoms with van der Waals surface area (Å²) in [5, 5.41) is 11.0. The second-order valence-electron chi connectivity index (χ2n) is 11.2. The zero-order valence-electron chi connectivity index (χ0n) is 21.2. The number of benzene rings is 1. The van der Waals surface area contributed by atoms with Crippen LogP contribution in [0.2, 0.25) is 0 Å². The molecule has 9 nitrogen and oxygen atoms in total. The van der Waals surface area contributed by atoms with Gasteiger partial charge in [0.15, 0.2) is 11.6 Å². The van der Waals surface area contributed by atoms with E-state index in [9.17, 15) is 14.0 Å². The van der Waals surface area contributed by atoms with E-state index >= 15 is 0 Å². The Bertz CT molecular complexity index is 1370. The van der Waals surface area contributed by atoms with Crippen LogP contribution in [0.4, 0.5) is 9.18 Å². The fourth-order valence-corrected chi connectivity index (χ4v) is 5.55. The van der Waals surface area contributed by atoms with Crippen LogP contribution >= 0.6 is 0 Å². The number of hydrogen-bond acceptors (Lipinski definition) is 6. The predicted octanol–water partition coefficient (Wildman–Crippen LogP) is 4.19. The first-order valence-corrected chi connectivity index (χ1v) is 12.2. The third-order valence-corrected chi connectivity index (χ3v) is 7.14. The lowest BCUT2D eigenvalue weighted by molar-refractivity contribution is 0.0458. The van der Waals surface area contributed by atoms with Crippen LogP contribution in [0.3, 0.4) is 0 Å². The fourth-order valence-electron chi connectivity index (χ4n) is 5.55. The molecular weight excluding hydrogens is 463 g/mol. The minimum Gasteiger partial charge on any atom is -0.444 e. The van der Waals surface area contributed by atoms with Crippen molar-refractivity contribution in [3.63, 3.8) is 0 Å². The van der Waals surface area contributed by atoms with Gasteiger partial charge in [0, 0.05) is 41.5 Å². The average Bonchev–Trinajstić information content (AvgIpc) is 3.42. The monoisotopic (exact) mass is 494 g/mol. The van der Waals surface area contributed by atoms with Gasteiger partial charge in [-0.1, -0.05) is 0 Å². The van der Waals surface area contributed by atoms with Crippen LogP contribution in [0.1, 0.15) is 68.9 Å². The fraction of sp³-hybridized carbons (Fsp3) is 0.500. The molecular formula is C26H31FN6O3. The Morgan fingerprint density at radius 2 is 1.78 bits per heavy atom. The summed E-state index contributed by atoms with van der Waals surface area (Å²) >= 11 is 0. The summed E-state index contributed by atoms with van der Waals surface area (Å²) in [6, 6.07) is 3.14. The summed E-state index contributed by atoms with van der Waals surface area (Å²) < 4.78 is 21.5. The number of amides is 2.